The van der Waals surface area contributed by atoms with E-state index < -0.39 is 0 Å². The van der Waals surface area contributed by atoms with E-state index in [-0.39, 0.29) is 0 Å². The van der Waals surface area contributed by atoms with E-state index in [4.69, 9.17) is 4.74 Å². The van der Waals surface area contributed by atoms with Gasteiger partial charge in [-0.3, -0.25) is 4.90 Å². The smallest absolute Gasteiger partial charge is 0.0507 e. The van der Waals surface area contributed by atoms with Crippen LogP contribution in [0.4, 0.5) is 0 Å². The second kappa shape index (κ2) is 7.02. The van der Waals surface area contributed by atoms with Gasteiger partial charge in [-0.25, -0.2) is 0 Å². The van der Waals surface area contributed by atoms with Crippen molar-refractivity contribution < 1.29 is 4.74 Å². The Morgan fingerprint density at radius 1 is 0.947 bits per heavy atom. The van der Waals surface area contributed by atoms with Crippen molar-refractivity contribution in [2.75, 3.05) is 65.6 Å². The fraction of sp³-hybridized carbons (Fsp3) is 1.00. The summed E-state index contributed by atoms with van der Waals surface area (Å²) in [6, 6.07) is 0. The van der Waals surface area contributed by atoms with Crippen LogP contribution in [0.5, 0.6) is 0 Å². The summed E-state index contributed by atoms with van der Waals surface area (Å²) in [5.41, 5.74) is 0. The Balaban J connectivity index is 1.21. The highest BCUT2D eigenvalue weighted by atomic mass is 16.5. The second-order valence-electron chi connectivity index (χ2n) is 6.52. The van der Waals surface area contributed by atoms with Crippen molar-refractivity contribution in [3.63, 3.8) is 0 Å². The van der Waals surface area contributed by atoms with Gasteiger partial charge in [-0.05, 0) is 31.1 Å². The Hall–Kier alpha value is -0.160. The van der Waals surface area contributed by atoms with Crippen LogP contribution in [0.3, 0.4) is 0 Å². The molecule has 0 aromatic rings. The average molecular weight is 267 g/mol. The van der Waals surface area contributed by atoms with Crippen molar-refractivity contribution in [3.05, 3.63) is 0 Å². The first-order valence-corrected chi connectivity index (χ1v) is 8.13. The molecule has 4 nitrogen and oxygen atoms in total. The normalized spacial score (nSPS) is 30.0. The minimum atomic E-state index is 0.760. The lowest BCUT2D eigenvalue weighted by atomic mass is 10.1. The first-order chi connectivity index (χ1) is 9.40. The molecular formula is C15H29N3O. The molecule has 1 unspecified atom stereocenters. The van der Waals surface area contributed by atoms with Crippen molar-refractivity contribution in [1.82, 2.24) is 15.1 Å². The lowest BCUT2D eigenvalue weighted by Crippen LogP contribution is -2.48. The van der Waals surface area contributed by atoms with E-state index in [0.717, 1.165) is 38.1 Å². The maximum absolute atomic E-state index is 5.40. The first-order valence-electron chi connectivity index (χ1n) is 8.13. The van der Waals surface area contributed by atoms with E-state index in [9.17, 15) is 0 Å². The lowest BCUT2D eigenvalue weighted by molar-refractivity contribution is 0.128. The largest absolute Gasteiger partial charge is 0.381 e. The predicted octanol–water partition coefficient (Wildman–Crippen LogP) is 0.640. The van der Waals surface area contributed by atoms with Gasteiger partial charge in [-0.1, -0.05) is 0 Å². The number of hydrogen-bond donors (Lipinski definition) is 1. The maximum Gasteiger partial charge on any atom is 0.0507 e. The molecule has 1 atom stereocenters. The number of piperazine rings is 1. The molecule has 1 N–H and O–H groups in total. The van der Waals surface area contributed by atoms with E-state index in [1.165, 1.54) is 58.5 Å². The van der Waals surface area contributed by atoms with Gasteiger partial charge in [0.25, 0.3) is 0 Å². The van der Waals surface area contributed by atoms with Gasteiger partial charge in [0, 0.05) is 59.0 Å². The minimum Gasteiger partial charge on any atom is -0.381 e. The Labute approximate surface area is 117 Å². The van der Waals surface area contributed by atoms with Crippen LogP contribution in [0.1, 0.15) is 19.3 Å². The number of hydrogen-bond acceptors (Lipinski definition) is 4. The molecule has 0 bridgehead atoms. The second-order valence-corrected chi connectivity index (χ2v) is 6.52. The molecule has 1 saturated carbocycles. The summed E-state index contributed by atoms with van der Waals surface area (Å²) in [5.74, 6) is 1.80. The van der Waals surface area contributed by atoms with Crippen molar-refractivity contribution in [3.8, 4) is 0 Å². The lowest BCUT2D eigenvalue weighted by Gasteiger charge is -2.34. The van der Waals surface area contributed by atoms with Crippen molar-refractivity contribution in [2.45, 2.75) is 19.3 Å². The van der Waals surface area contributed by atoms with Crippen LogP contribution < -0.4 is 5.32 Å². The molecule has 19 heavy (non-hydrogen) atoms. The van der Waals surface area contributed by atoms with E-state index >= 15 is 0 Å². The zero-order chi connectivity index (χ0) is 12.9. The van der Waals surface area contributed by atoms with Crippen LogP contribution in [0.2, 0.25) is 0 Å². The average Bonchev–Trinajstić information content (AvgIpc) is 3.09. The topological polar surface area (TPSA) is 27.7 Å². The van der Waals surface area contributed by atoms with Gasteiger partial charge in [0.2, 0.25) is 0 Å². The fourth-order valence-electron chi connectivity index (χ4n) is 3.15. The third-order valence-corrected chi connectivity index (χ3v) is 4.74. The van der Waals surface area contributed by atoms with Crippen LogP contribution in [-0.2, 0) is 4.74 Å². The number of ether oxygens (including phenoxy) is 1. The highest BCUT2D eigenvalue weighted by Gasteiger charge is 2.26. The predicted molar refractivity (Wildman–Crippen MR) is 77.4 cm³/mol. The summed E-state index contributed by atoms with van der Waals surface area (Å²) < 4.78 is 5.40. The standard InChI is InChI=1S/C15H29N3O/c1-2-14(1)12-18-8-6-17(7-9-18)5-4-16-11-15-3-10-19-13-15/h14-16H,1-13H2. The van der Waals surface area contributed by atoms with Gasteiger partial charge in [0.1, 0.15) is 0 Å². The monoisotopic (exact) mass is 267 g/mol. The molecule has 2 saturated heterocycles. The van der Waals surface area contributed by atoms with Crippen LogP contribution in [0.25, 0.3) is 0 Å². The molecule has 0 aromatic carbocycles. The molecule has 4 heteroatoms. The highest BCUT2D eigenvalue weighted by Crippen LogP contribution is 2.29. The quantitative estimate of drug-likeness (QED) is 0.685. The van der Waals surface area contributed by atoms with Crippen molar-refractivity contribution >= 4 is 0 Å². The van der Waals surface area contributed by atoms with Gasteiger partial charge in [-0.15, -0.1) is 0 Å². The van der Waals surface area contributed by atoms with E-state index in [1.54, 1.807) is 0 Å². The van der Waals surface area contributed by atoms with Gasteiger partial charge >= 0.3 is 0 Å². The summed E-state index contributed by atoms with van der Waals surface area (Å²) in [7, 11) is 0. The molecule has 2 heterocycles. The Bertz CT molecular complexity index is 256. The molecule has 1 aliphatic carbocycles. The fourth-order valence-corrected chi connectivity index (χ4v) is 3.15. The molecule has 0 radical (unpaired) electrons. The minimum absolute atomic E-state index is 0.760. The van der Waals surface area contributed by atoms with Crippen LogP contribution in [-0.4, -0.2) is 75.4 Å². The van der Waals surface area contributed by atoms with Gasteiger partial charge in [0.05, 0.1) is 6.61 Å². The molecule has 3 fully saturated rings. The zero-order valence-corrected chi connectivity index (χ0v) is 12.1. The third kappa shape index (κ3) is 4.71. The molecule has 3 rings (SSSR count). The van der Waals surface area contributed by atoms with Gasteiger partial charge in [0.15, 0.2) is 0 Å². The highest BCUT2D eigenvalue weighted by molar-refractivity contribution is 4.80. The molecule has 0 amide bonds. The van der Waals surface area contributed by atoms with E-state index in [0.29, 0.717) is 0 Å². The van der Waals surface area contributed by atoms with Crippen LogP contribution >= 0.6 is 0 Å². The number of nitrogens with zero attached hydrogens (tertiary/aromatic N) is 2. The van der Waals surface area contributed by atoms with Gasteiger partial charge in [-0.2, -0.15) is 0 Å². The summed E-state index contributed by atoms with van der Waals surface area (Å²) >= 11 is 0. The summed E-state index contributed by atoms with van der Waals surface area (Å²) in [5, 5.41) is 3.59. The summed E-state index contributed by atoms with van der Waals surface area (Å²) in [4.78, 5) is 5.28. The van der Waals surface area contributed by atoms with Crippen LogP contribution in [0.15, 0.2) is 0 Å². The zero-order valence-electron chi connectivity index (χ0n) is 12.1. The molecule has 0 spiro atoms. The Morgan fingerprint density at radius 3 is 2.42 bits per heavy atom. The van der Waals surface area contributed by atoms with Crippen LogP contribution in [0, 0.1) is 11.8 Å². The molecule has 110 valence electrons. The third-order valence-electron chi connectivity index (χ3n) is 4.74. The first kappa shape index (κ1) is 13.8. The molecule has 3 aliphatic rings. The van der Waals surface area contributed by atoms with Gasteiger partial charge < -0.3 is 15.0 Å². The SMILES string of the molecule is C(CN1CCN(CC2CC2)CC1)NCC1CCOC1. The maximum atomic E-state index is 5.40. The Morgan fingerprint density at radius 2 is 1.74 bits per heavy atom. The molecule has 2 aliphatic heterocycles. The van der Waals surface area contributed by atoms with E-state index in [1.807, 2.05) is 0 Å². The van der Waals surface area contributed by atoms with Crippen molar-refractivity contribution in [2.24, 2.45) is 11.8 Å². The Kier molecular flexibility index (Phi) is 5.10. The number of nitrogens with one attached hydrogen (secondary N) is 1. The summed E-state index contributed by atoms with van der Waals surface area (Å²) in [6.07, 6.45) is 4.21. The molecule has 0 aromatic heterocycles. The van der Waals surface area contributed by atoms with Crippen molar-refractivity contribution in [1.29, 1.82) is 0 Å². The van der Waals surface area contributed by atoms with E-state index in [2.05, 4.69) is 15.1 Å². The summed E-state index contributed by atoms with van der Waals surface area (Å²) in [6.45, 7) is 11.9. The number of rotatable bonds is 7. The molecular weight excluding hydrogens is 238 g/mol.